The molecule has 1 aliphatic heterocycles. The van der Waals surface area contributed by atoms with Gasteiger partial charge in [0.15, 0.2) is 11.5 Å². The Kier molecular flexibility index (Phi) is 2.99. The molecule has 2 rings (SSSR count). The Hall–Kier alpha value is -1.71. The lowest BCUT2D eigenvalue weighted by Gasteiger charge is -2.11. The van der Waals surface area contributed by atoms with E-state index in [2.05, 4.69) is 5.32 Å². The zero-order chi connectivity index (χ0) is 11.5. The van der Waals surface area contributed by atoms with Crippen LogP contribution in [0.4, 0.5) is 0 Å². The molecular weight excluding hydrogens is 206 g/mol. The number of hydrogen-bond donors (Lipinski definition) is 1. The molecule has 1 heterocycles. The predicted octanol–water partition coefficient (Wildman–Crippen LogP) is 1.94. The van der Waals surface area contributed by atoms with Crippen LogP contribution in [-0.2, 0) is 0 Å². The standard InChI is InChI=1S/C12H15NO3/c1-3-8(2)13-12(14)9-4-5-10-11(6-9)16-7-15-10/h4-6,8H,3,7H2,1-2H3,(H,13,14)/t8-/m0/s1. The Bertz CT molecular complexity index is 403. The molecule has 1 amide bonds. The Morgan fingerprint density at radius 1 is 1.44 bits per heavy atom. The molecule has 4 nitrogen and oxygen atoms in total. The largest absolute Gasteiger partial charge is 0.454 e. The molecule has 0 bridgehead atoms. The van der Waals surface area contributed by atoms with E-state index in [1.807, 2.05) is 13.8 Å². The first-order valence-electron chi connectivity index (χ1n) is 5.41. The smallest absolute Gasteiger partial charge is 0.251 e. The zero-order valence-electron chi connectivity index (χ0n) is 9.45. The minimum absolute atomic E-state index is 0.0762. The SMILES string of the molecule is CC[C@H](C)NC(=O)c1ccc2c(c1)OCO2. The lowest BCUT2D eigenvalue weighted by atomic mass is 10.1. The Morgan fingerprint density at radius 3 is 2.94 bits per heavy atom. The van der Waals surface area contributed by atoms with Gasteiger partial charge < -0.3 is 14.8 Å². The normalized spacial score (nSPS) is 14.6. The number of rotatable bonds is 3. The van der Waals surface area contributed by atoms with Crippen LogP contribution in [0.1, 0.15) is 30.6 Å². The highest BCUT2D eigenvalue weighted by Gasteiger charge is 2.16. The molecule has 1 atom stereocenters. The highest BCUT2D eigenvalue weighted by atomic mass is 16.7. The van der Waals surface area contributed by atoms with E-state index in [4.69, 9.17) is 9.47 Å². The first kappa shape index (κ1) is 10.8. The van der Waals surface area contributed by atoms with E-state index in [9.17, 15) is 4.79 Å². The van der Waals surface area contributed by atoms with Crippen molar-refractivity contribution in [3.05, 3.63) is 23.8 Å². The molecule has 1 aliphatic rings. The number of carbonyl (C=O) groups excluding carboxylic acids is 1. The number of amides is 1. The maximum absolute atomic E-state index is 11.8. The Labute approximate surface area is 94.6 Å². The van der Waals surface area contributed by atoms with Gasteiger partial charge in [0.25, 0.3) is 5.91 Å². The number of nitrogens with one attached hydrogen (secondary N) is 1. The molecule has 1 aromatic carbocycles. The molecule has 1 aromatic rings. The van der Waals surface area contributed by atoms with Gasteiger partial charge in [-0.1, -0.05) is 6.92 Å². The van der Waals surface area contributed by atoms with Crippen LogP contribution in [0.2, 0.25) is 0 Å². The highest BCUT2D eigenvalue weighted by molar-refractivity contribution is 5.95. The molecule has 0 aliphatic carbocycles. The Morgan fingerprint density at radius 2 is 2.19 bits per heavy atom. The second kappa shape index (κ2) is 4.43. The monoisotopic (exact) mass is 221 g/mol. The third kappa shape index (κ3) is 2.10. The summed E-state index contributed by atoms with van der Waals surface area (Å²) in [5.41, 5.74) is 0.601. The number of ether oxygens (including phenoxy) is 2. The van der Waals surface area contributed by atoms with Crippen molar-refractivity contribution in [1.29, 1.82) is 0 Å². The highest BCUT2D eigenvalue weighted by Crippen LogP contribution is 2.32. The van der Waals surface area contributed by atoms with Gasteiger partial charge in [0.05, 0.1) is 0 Å². The van der Waals surface area contributed by atoms with Gasteiger partial charge in [0.2, 0.25) is 6.79 Å². The molecule has 0 unspecified atom stereocenters. The van der Waals surface area contributed by atoms with Crippen LogP contribution in [-0.4, -0.2) is 18.7 Å². The van der Waals surface area contributed by atoms with Crippen molar-refractivity contribution in [2.24, 2.45) is 0 Å². The maximum atomic E-state index is 11.8. The van der Waals surface area contributed by atoms with E-state index < -0.39 is 0 Å². The quantitative estimate of drug-likeness (QED) is 0.848. The molecule has 0 radical (unpaired) electrons. The van der Waals surface area contributed by atoms with Gasteiger partial charge in [-0.25, -0.2) is 0 Å². The van der Waals surface area contributed by atoms with Gasteiger partial charge in [-0.05, 0) is 31.5 Å². The van der Waals surface area contributed by atoms with E-state index in [-0.39, 0.29) is 18.7 Å². The Balaban J connectivity index is 2.12. The number of carbonyl (C=O) groups is 1. The van der Waals surface area contributed by atoms with Crippen molar-refractivity contribution in [3.8, 4) is 11.5 Å². The molecule has 16 heavy (non-hydrogen) atoms. The summed E-state index contributed by atoms with van der Waals surface area (Å²) in [7, 11) is 0. The second-order valence-electron chi connectivity index (χ2n) is 3.85. The summed E-state index contributed by atoms with van der Waals surface area (Å²) in [6, 6.07) is 5.39. The molecule has 86 valence electrons. The number of benzene rings is 1. The van der Waals surface area contributed by atoms with Crippen LogP contribution in [0.5, 0.6) is 11.5 Å². The van der Waals surface area contributed by atoms with E-state index >= 15 is 0 Å². The van der Waals surface area contributed by atoms with Gasteiger partial charge in [-0.15, -0.1) is 0 Å². The van der Waals surface area contributed by atoms with E-state index in [1.54, 1.807) is 18.2 Å². The first-order chi connectivity index (χ1) is 7.70. The first-order valence-corrected chi connectivity index (χ1v) is 5.41. The summed E-state index contributed by atoms with van der Waals surface area (Å²) in [6.07, 6.45) is 0.913. The lowest BCUT2D eigenvalue weighted by molar-refractivity contribution is 0.0939. The molecule has 1 N–H and O–H groups in total. The van der Waals surface area contributed by atoms with Gasteiger partial charge in [-0.3, -0.25) is 4.79 Å². The fraction of sp³-hybridized carbons (Fsp3) is 0.417. The summed E-state index contributed by atoms with van der Waals surface area (Å²) in [5.74, 6) is 1.25. The van der Waals surface area contributed by atoms with Crippen LogP contribution in [0.15, 0.2) is 18.2 Å². The van der Waals surface area contributed by atoms with Crippen LogP contribution in [0, 0.1) is 0 Å². The minimum atomic E-state index is -0.0762. The van der Waals surface area contributed by atoms with E-state index in [0.29, 0.717) is 17.1 Å². The summed E-state index contributed by atoms with van der Waals surface area (Å²) < 4.78 is 10.4. The van der Waals surface area contributed by atoms with Gasteiger partial charge >= 0.3 is 0 Å². The molecule has 0 saturated heterocycles. The molecule has 0 fully saturated rings. The number of fused-ring (bicyclic) bond motifs is 1. The molecular formula is C12H15NO3. The average Bonchev–Trinajstić information content (AvgIpc) is 2.75. The number of hydrogen-bond acceptors (Lipinski definition) is 3. The maximum Gasteiger partial charge on any atom is 0.251 e. The summed E-state index contributed by atoms with van der Waals surface area (Å²) in [6.45, 7) is 4.24. The topological polar surface area (TPSA) is 47.6 Å². The lowest BCUT2D eigenvalue weighted by Crippen LogP contribution is -2.31. The van der Waals surface area contributed by atoms with Crippen LogP contribution < -0.4 is 14.8 Å². The van der Waals surface area contributed by atoms with Crippen molar-refractivity contribution in [3.63, 3.8) is 0 Å². The van der Waals surface area contributed by atoms with Gasteiger partial charge in [0, 0.05) is 11.6 Å². The van der Waals surface area contributed by atoms with Crippen molar-refractivity contribution in [2.75, 3.05) is 6.79 Å². The van der Waals surface area contributed by atoms with Crippen LogP contribution in [0.25, 0.3) is 0 Å². The summed E-state index contributed by atoms with van der Waals surface area (Å²) >= 11 is 0. The molecule has 0 saturated carbocycles. The van der Waals surface area contributed by atoms with Crippen LogP contribution in [0.3, 0.4) is 0 Å². The fourth-order valence-corrected chi connectivity index (χ4v) is 1.45. The summed E-state index contributed by atoms with van der Waals surface area (Å²) in [5, 5.41) is 2.90. The van der Waals surface area contributed by atoms with Crippen molar-refractivity contribution in [1.82, 2.24) is 5.32 Å². The average molecular weight is 221 g/mol. The molecule has 0 spiro atoms. The van der Waals surface area contributed by atoms with Crippen molar-refractivity contribution < 1.29 is 14.3 Å². The van der Waals surface area contributed by atoms with Crippen molar-refractivity contribution in [2.45, 2.75) is 26.3 Å². The van der Waals surface area contributed by atoms with E-state index in [0.717, 1.165) is 6.42 Å². The van der Waals surface area contributed by atoms with E-state index in [1.165, 1.54) is 0 Å². The fourth-order valence-electron chi connectivity index (χ4n) is 1.45. The zero-order valence-corrected chi connectivity index (χ0v) is 9.45. The predicted molar refractivity (Wildman–Crippen MR) is 59.8 cm³/mol. The van der Waals surface area contributed by atoms with Gasteiger partial charge in [0.1, 0.15) is 0 Å². The van der Waals surface area contributed by atoms with Crippen LogP contribution >= 0.6 is 0 Å². The van der Waals surface area contributed by atoms with Crippen molar-refractivity contribution >= 4 is 5.91 Å². The minimum Gasteiger partial charge on any atom is -0.454 e. The second-order valence-corrected chi connectivity index (χ2v) is 3.85. The third-order valence-electron chi connectivity index (χ3n) is 2.62. The third-order valence-corrected chi connectivity index (χ3v) is 2.62. The molecule has 0 aromatic heterocycles. The molecule has 4 heteroatoms. The summed E-state index contributed by atoms with van der Waals surface area (Å²) in [4.78, 5) is 11.8. The van der Waals surface area contributed by atoms with Gasteiger partial charge in [-0.2, -0.15) is 0 Å².